The largest absolute Gasteiger partial charge is 0.303 e. The second-order valence-corrected chi connectivity index (χ2v) is 2.14. The molecule has 0 aromatic carbocycles. The first-order chi connectivity index (χ1) is 3.27. The minimum Gasteiger partial charge on any atom is -0.303 e. The number of carbonyl (C=O) groups excluding carboxylic acids is 1. The zero-order valence-electron chi connectivity index (χ0n) is 4.98. The zero-order chi connectivity index (χ0) is 5.70. The van der Waals surface area contributed by atoms with E-state index in [1.807, 2.05) is 0 Å². The Bertz CT molecular complexity index is 48.3. The summed E-state index contributed by atoms with van der Waals surface area (Å²) >= 11 is 0. The lowest BCUT2D eigenvalue weighted by Gasteiger charge is -1.95. The van der Waals surface area contributed by atoms with Crippen molar-refractivity contribution in [2.24, 2.45) is 5.92 Å². The van der Waals surface area contributed by atoms with E-state index in [1.54, 1.807) is 0 Å². The van der Waals surface area contributed by atoms with E-state index < -0.39 is 0 Å². The first kappa shape index (κ1) is 10.6. The maximum atomic E-state index is 9.71. The first-order valence-electron chi connectivity index (χ1n) is 2.71. The van der Waals surface area contributed by atoms with Crippen LogP contribution in [0.25, 0.3) is 0 Å². The van der Waals surface area contributed by atoms with Crippen molar-refractivity contribution in [2.75, 3.05) is 0 Å². The monoisotopic (exact) mass is 116 g/mol. The van der Waals surface area contributed by atoms with Gasteiger partial charge in [0.25, 0.3) is 0 Å². The summed E-state index contributed by atoms with van der Waals surface area (Å²) in [6.45, 7) is 4.23. The Balaban J connectivity index is 0. The Hall–Kier alpha value is -0.330. The molecule has 1 nitrogen and oxygen atoms in total. The lowest BCUT2D eigenvalue weighted by atomic mass is 10.1. The second-order valence-electron chi connectivity index (χ2n) is 2.14. The molecule has 0 aliphatic carbocycles. The quantitative estimate of drug-likeness (QED) is 0.517. The van der Waals surface area contributed by atoms with Crippen LogP contribution in [0.1, 0.15) is 34.1 Å². The van der Waals surface area contributed by atoms with E-state index in [4.69, 9.17) is 0 Å². The number of rotatable bonds is 3. The van der Waals surface area contributed by atoms with Crippen LogP contribution in [-0.2, 0) is 4.79 Å². The summed E-state index contributed by atoms with van der Waals surface area (Å²) in [7, 11) is 0. The molecule has 0 heterocycles. The maximum absolute atomic E-state index is 9.71. The SMILES string of the molecule is C.CC(C)CCC=O. The van der Waals surface area contributed by atoms with Crippen molar-refractivity contribution >= 4 is 6.29 Å². The molecule has 0 aliphatic rings. The summed E-state index contributed by atoms with van der Waals surface area (Å²) in [5.41, 5.74) is 0. The van der Waals surface area contributed by atoms with Crippen LogP contribution in [0.2, 0.25) is 0 Å². The lowest BCUT2D eigenvalue weighted by molar-refractivity contribution is -0.108. The third kappa shape index (κ3) is 9.18. The predicted molar refractivity (Wildman–Crippen MR) is 36.9 cm³/mol. The molecule has 0 unspecified atom stereocenters. The fourth-order valence-electron chi connectivity index (χ4n) is 0.401. The van der Waals surface area contributed by atoms with Gasteiger partial charge in [-0.3, -0.25) is 0 Å². The van der Waals surface area contributed by atoms with Gasteiger partial charge < -0.3 is 4.79 Å². The molecule has 0 saturated heterocycles. The van der Waals surface area contributed by atoms with Crippen LogP contribution in [-0.4, -0.2) is 6.29 Å². The Kier molecular flexibility index (Phi) is 8.85. The second kappa shape index (κ2) is 6.67. The van der Waals surface area contributed by atoms with Gasteiger partial charge in [0, 0.05) is 6.42 Å². The van der Waals surface area contributed by atoms with Gasteiger partial charge in [-0.25, -0.2) is 0 Å². The van der Waals surface area contributed by atoms with Gasteiger partial charge in [-0.2, -0.15) is 0 Å². The van der Waals surface area contributed by atoms with Crippen molar-refractivity contribution in [3.8, 4) is 0 Å². The lowest BCUT2D eigenvalue weighted by Crippen LogP contribution is -1.85. The Morgan fingerprint density at radius 3 is 2.12 bits per heavy atom. The molecule has 0 fully saturated rings. The van der Waals surface area contributed by atoms with Crippen LogP contribution >= 0.6 is 0 Å². The molecule has 0 spiro atoms. The Labute approximate surface area is 52.1 Å². The van der Waals surface area contributed by atoms with E-state index in [2.05, 4.69) is 13.8 Å². The molecule has 50 valence electrons. The minimum atomic E-state index is 0. The van der Waals surface area contributed by atoms with Gasteiger partial charge in [0.05, 0.1) is 0 Å². The van der Waals surface area contributed by atoms with Crippen LogP contribution in [0.15, 0.2) is 0 Å². The molecule has 0 aliphatic heterocycles. The van der Waals surface area contributed by atoms with Crippen LogP contribution in [0.3, 0.4) is 0 Å². The maximum Gasteiger partial charge on any atom is 0.120 e. The number of hydrogen-bond donors (Lipinski definition) is 0. The van der Waals surface area contributed by atoms with Gasteiger partial charge in [0.2, 0.25) is 0 Å². The fourth-order valence-corrected chi connectivity index (χ4v) is 0.401. The number of hydrogen-bond acceptors (Lipinski definition) is 1. The average molecular weight is 116 g/mol. The predicted octanol–water partition coefficient (Wildman–Crippen LogP) is 2.26. The topological polar surface area (TPSA) is 17.1 Å². The van der Waals surface area contributed by atoms with Crippen molar-refractivity contribution in [1.29, 1.82) is 0 Å². The molecule has 0 amide bonds. The van der Waals surface area contributed by atoms with Crippen LogP contribution in [0.5, 0.6) is 0 Å². The highest BCUT2D eigenvalue weighted by Crippen LogP contribution is 1.99. The highest BCUT2D eigenvalue weighted by atomic mass is 16.1. The van der Waals surface area contributed by atoms with Crippen LogP contribution < -0.4 is 0 Å². The fraction of sp³-hybridized carbons (Fsp3) is 0.857. The van der Waals surface area contributed by atoms with Gasteiger partial charge in [-0.15, -0.1) is 0 Å². The third-order valence-electron chi connectivity index (χ3n) is 0.862. The first-order valence-corrected chi connectivity index (χ1v) is 2.71. The van der Waals surface area contributed by atoms with Crippen LogP contribution in [0.4, 0.5) is 0 Å². The van der Waals surface area contributed by atoms with E-state index in [9.17, 15) is 4.79 Å². The van der Waals surface area contributed by atoms with Crippen LogP contribution in [0, 0.1) is 5.92 Å². The molecular weight excluding hydrogens is 100 g/mol. The number of carbonyl (C=O) groups is 1. The highest BCUT2D eigenvalue weighted by molar-refractivity contribution is 5.48. The van der Waals surface area contributed by atoms with Crippen molar-refractivity contribution < 1.29 is 4.79 Å². The summed E-state index contributed by atoms with van der Waals surface area (Å²) in [6.07, 6.45) is 2.72. The molecule has 0 atom stereocenters. The van der Waals surface area contributed by atoms with E-state index >= 15 is 0 Å². The van der Waals surface area contributed by atoms with Crippen molar-refractivity contribution in [2.45, 2.75) is 34.1 Å². The molecule has 0 bridgehead atoms. The molecule has 0 aromatic heterocycles. The average Bonchev–Trinajstić information content (AvgIpc) is 1.61. The summed E-state index contributed by atoms with van der Waals surface area (Å²) in [5, 5.41) is 0. The zero-order valence-corrected chi connectivity index (χ0v) is 4.98. The summed E-state index contributed by atoms with van der Waals surface area (Å²) in [5.74, 6) is 0.671. The van der Waals surface area contributed by atoms with Gasteiger partial charge in [-0.1, -0.05) is 21.3 Å². The van der Waals surface area contributed by atoms with E-state index in [0.29, 0.717) is 5.92 Å². The van der Waals surface area contributed by atoms with Gasteiger partial charge in [-0.05, 0) is 12.3 Å². The molecule has 0 aromatic rings. The summed E-state index contributed by atoms with van der Waals surface area (Å²) < 4.78 is 0. The Morgan fingerprint density at radius 1 is 1.50 bits per heavy atom. The highest BCUT2D eigenvalue weighted by Gasteiger charge is 1.88. The molecule has 0 N–H and O–H groups in total. The molecular formula is C7H16O. The van der Waals surface area contributed by atoms with Crippen molar-refractivity contribution in [3.63, 3.8) is 0 Å². The van der Waals surface area contributed by atoms with Gasteiger partial charge >= 0.3 is 0 Å². The summed E-state index contributed by atoms with van der Waals surface area (Å²) in [4.78, 5) is 9.71. The molecule has 0 saturated carbocycles. The van der Waals surface area contributed by atoms with E-state index in [1.165, 1.54) is 0 Å². The molecule has 0 radical (unpaired) electrons. The summed E-state index contributed by atoms with van der Waals surface area (Å²) in [6, 6.07) is 0. The van der Waals surface area contributed by atoms with Gasteiger partial charge in [0.1, 0.15) is 6.29 Å². The molecule has 1 heteroatoms. The smallest absolute Gasteiger partial charge is 0.120 e. The number of aldehydes is 1. The minimum absolute atomic E-state index is 0. The molecule has 0 rings (SSSR count). The Morgan fingerprint density at radius 2 is 2.00 bits per heavy atom. The van der Waals surface area contributed by atoms with Crippen molar-refractivity contribution in [1.82, 2.24) is 0 Å². The normalized spacial score (nSPS) is 8.38. The van der Waals surface area contributed by atoms with Crippen molar-refractivity contribution in [3.05, 3.63) is 0 Å². The standard InChI is InChI=1S/C6H12O.CH4/c1-6(2)4-3-5-7;/h5-6H,3-4H2,1-2H3;1H4. The van der Waals surface area contributed by atoms with Gasteiger partial charge in [0.15, 0.2) is 0 Å². The third-order valence-corrected chi connectivity index (χ3v) is 0.862. The van der Waals surface area contributed by atoms with E-state index in [-0.39, 0.29) is 7.43 Å². The molecule has 8 heavy (non-hydrogen) atoms. The van der Waals surface area contributed by atoms with E-state index in [0.717, 1.165) is 19.1 Å².